The summed E-state index contributed by atoms with van der Waals surface area (Å²) in [4.78, 5) is 6.63. The number of methoxy groups -OCH3 is 1. The number of likely N-dealkylation sites (tertiary alicyclic amines) is 1. The van der Waals surface area contributed by atoms with E-state index in [1.54, 1.807) is 13.3 Å². The van der Waals surface area contributed by atoms with Crippen LogP contribution in [-0.2, 0) is 16.0 Å². The Kier molecular flexibility index (Phi) is 4.42. The van der Waals surface area contributed by atoms with E-state index in [0.717, 1.165) is 57.1 Å². The van der Waals surface area contributed by atoms with E-state index in [0.29, 0.717) is 6.10 Å². The first kappa shape index (κ1) is 14.8. The van der Waals surface area contributed by atoms with Crippen molar-refractivity contribution in [1.82, 2.24) is 9.88 Å². The van der Waals surface area contributed by atoms with Gasteiger partial charge in [0.25, 0.3) is 0 Å². The maximum Gasteiger partial charge on any atom is 0.217 e. The van der Waals surface area contributed by atoms with Gasteiger partial charge in [-0.1, -0.05) is 6.07 Å². The van der Waals surface area contributed by atoms with Crippen LogP contribution >= 0.6 is 0 Å². The second kappa shape index (κ2) is 6.30. The fourth-order valence-electron chi connectivity index (χ4n) is 3.43. The van der Waals surface area contributed by atoms with Gasteiger partial charge in [0, 0.05) is 51.0 Å². The highest BCUT2D eigenvalue weighted by Crippen LogP contribution is 2.36. The normalized spacial score (nSPS) is 24.8. The minimum absolute atomic E-state index is 0.00747. The summed E-state index contributed by atoms with van der Waals surface area (Å²) in [5, 5.41) is 0. The van der Waals surface area contributed by atoms with Gasteiger partial charge < -0.3 is 14.2 Å². The average molecular weight is 292 g/mol. The molecule has 0 saturated carbocycles. The molecule has 5 heteroatoms. The highest BCUT2D eigenvalue weighted by molar-refractivity contribution is 5.25. The second-order valence-electron chi connectivity index (χ2n) is 5.92. The van der Waals surface area contributed by atoms with Crippen molar-refractivity contribution in [2.45, 2.75) is 38.0 Å². The molecule has 21 heavy (non-hydrogen) atoms. The van der Waals surface area contributed by atoms with Gasteiger partial charge in [-0.05, 0) is 19.4 Å². The van der Waals surface area contributed by atoms with Crippen LogP contribution in [0.5, 0.6) is 5.88 Å². The van der Waals surface area contributed by atoms with E-state index >= 15 is 0 Å². The Morgan fingerprint density at radius 1 is 1.48 bits per heavy atom. The molecule has 0 aromatic carbocycles. The molecule has 0 N–H and O–H groups in total. The summed E-state index contributed by atoms with van der Waals surface area (Å²) in [5.41, 5.74) is 1.14. The van der Waals surface area contributed by atoms with Crippen LogP contribution in [0.1, 0.15) is 25.3 Å². The van der Waals surface area contributed by atoms with E-state index in [1.807, 2.05) is 6.07 Å². The van der Waals surface area contributed by atoms with Crippen molar-refractivity contribution in [3.8, 4) is 5.88 Å². The van der Waals surface area contributed by atoms with Crippen LogP contribution in [0.25, 0.3) is 0 Å². The Labute approximate surface area is 126 Å². The fraction of sp³-hybridized carbons (Fsp3) is 0.688. The van der Waals surface area contributed by atoms with Gasteiger partial charge in [0.05, 0.1) is 18.8 Å². The lowest BCUT2D eigenvalue weighted by Gasteiger charge is -2.53. The zero-order chi connectivity index (χ0) is 14.7. The number of pyridine rings is 1. The van der Waals surface area contributed by atoms with Crippen molar-refractivity contribution in [2.24, 2.45) is 0 Å². The van der Waals surface area contributed by atoms with Gasteiger partial charge >= 0.3 is 0 Å². The van der Waals surface area contributed by atoms with E-state index in [-0.39, 0.29) is 5.60 Å². The molecular weight excluding hydrogens is 268 g/mol. The van der Waals surface area contributed by atoms with Crippen molar-refractivity contribution >= 4 is 0 Å². The Morgan fingerprint density at radius 2 is 2.33 bits per heavy atom. The first-order valence-electron chi connectivity index (χ1n) is 7.70. The monoisotopic (exact) mass is 292 g/mol. The summed E-state index contributed by atoms with van der Waals surface area (Å²) in [6, 6.07) is 4.02. The lowest BCUT2D eigenvalue weighted by molar-refractivity contribution is -0.198. The lowest BCUT2D eigenvalue weighted by Crippen LogP contribution is -2.65. The Hall–Kier alpha value is -1.17. The highest BCUT2D eigenvalue weighted by Gasteiger charge is 2.47. The van der Waals surface area contributed by atoms with Crippen LogP contribution < -0.4 is 4.74 Å². The molecule has 0 radical (unpaired) electrons. The predicted octanol–water partition coefficient (Wildman–Crippen LogP) is 1.86. The molecule has 2 saturated heterocycles. The average Bonchev–Trinajstić information content (AvgIpc) is 2.47. The van der Waals surface area contributed by atoms with E-state index in [1.165, 1.54) is 0 Å². The van der Waals surface area contributed by atoms with Crippen LogP contribution in [0.4, 0.5) is 0 Å². The molecule has 1 unspecified atom stereocenters. The Morgan fingerprint density at radius 3 is 3.10 bits per heavy atom. The van der Waals surface area contributed by atoms with Gasteiger partial charge in [-0.25, -0.2) is 4.98 Å². The largest absolute Gasteiger partial charge is 0.481 e. The van der Waals surface area contributed by atoms with E-state index in [9.17, 15) is 0 Å². The topological polar surface area (TPSA) is 43.8 Å². The third-order valence-electron chi connectivity index (χ3n) is 4.31. The minimum atomic E-state index is 0.00747. The number of ether oxygens (including phenoxy) is 3. The number of hydrogen-bond donors (Lipinski definition) is 0. The molecule has 1 atom stereocenters. The van der Waals surface area contributed by atoms with E-state index in [2.05, 4.69) is 22.9 Å². The zero-order valence-electron chi connectivity index (χ0n) is 12.9. The molecular formula is C16H24N2O3. The first-order chi connectivity index (χ1) is 10.2. The van der Waals surface area contributed by atoms with Crippen LogP contribution in [0.15, 0.2) is 18.3 Å². The number of nitrogens with zero attached hydrogens (tertiary/aromatic N) is 2. The summed E-state index contributed by atoms with van der Waals surface area (Å²) < 4.78 is 17.1. The molecule has 2 aliphatic rings. The summed E-state index contributed by atoms with van der Waals surface area (Å²) in [6.07, 6.45) is 4.16. The lowest BCUT2D eigenvalue weighted by atomic mass is 9.84. The molecule has 0 aliphatic carbocycles. The maximum atomic E-state index is 6.03. The van der Waals surface area contributed by atoms with Crippen molar-refractivity contribution in [2.75, 3.05) is 33.4 Å². The molecule has 1 aromatic rings. The van der Waals surface area contributed by atoms with Crippen LogP contribution in [-0.4, -0.2) is 55.0 Å². The third-order valence-corrected chi connectivity index (χ3v) is 4.31. The molecule has 0 bridgehead atoms. The van der Waals surface area contributed by atoms with Gasteiger partial charge in [-0.15, -0.1) is 0 Å². The van der Waals surface area contributed by atoms with Gasteiger partial charge in [0.1, 0.15) is 0 Å². The summed E-state index contributed by atoms with van der Waals surface area (Å²) in [6.45, 7) is 6.46. The predicted molar refractivity (Wildman–Crippen MR) is 79.4 cm³/mol. The van der Waals surface area contributed by atoms with Gasteiger partial charge in [0.15, 0.2) is 0 Å². The molecule has 5 nitrogen and oxygen atoms in total. The van der Waals surface area contributed by atoms with Crippen molar-refractivity contribution in [3.63, 3.8) is 0 Å². The fourth-order valence-corrected chi connectivity index (χ4v) is 3.43. The standard InChI is InChI=1S/C16H24N2O3/c1-3-20-14-6-8-21-16(9-14)11-18(12-16)10-13-5-4-7-17-15(13)19-2/h4-5,7,14H,3,6,8-12H2,1-2H3. The molecule has 116 valence electrons. The highest BCUT2D eigenvalue weighted by atomic mass is 16.5. The van der Waals surface area contributed by atoms with Gasteiger partial charge in [-0.2, -0.15) is 0 Å². The first-order valence-corrected chi connectivity index (χ1v) is 7.70. The van der Waals surface area contributed by atoms with Crippen LogP contribution in [0.2, 0.25) is 0 Å². The van der Waals surface area contributed by atoms with Crippen molar-refractivity contribution in [1.29, 1.82) is 0 Å². The smallest absolute Gasteiger partial charge is 0.217 e. The number of aromatic nitrogens is 1. The third kappa shape index (κ3) is 3.20. The minimum Gasteiger partial charge on any atom is -0.481 e. The molecule has 1 spiro atoms. The van der Waals surface area contributed by atoms with E-state index < -0.39 is 0 Å². The van der Waals surface area contributed by atoms with Crippen LogP contribution in [0, 0.1) is 0 Å². The van der Waals surface area contributed by atoms with E-state index in [4.69, 9.17) is 14.2 Å². The molecule has 3 heterocycles. The maximum absolute atomic E-state index is 6.03. The van der Waals surface area contributed by atoms with Gasteiger partial charge in [-0.3, -0.25) is 4.90 Å². The SMILES string of the molecule is CCOC1CCOC2(C1)CN(Cc1cccnc1OC)C2. The zero-order valence-corrected chi connectivity index (χ0v) is 12.9. The second-order valence-corrected chi connectivity index (χ2v) is 5.92. The summed E-state index contributed by atoms with van der Waals surface area (Å²) >= 11 is 0. The molecule has 1 aromatic heterocycles. The molecule has 0 amide bonds. The van der Waals surface area contributed by atoms with Crippen LogP contribution in [0.3, 0.4) is 0 Å². The van der Waals surface area contributed by atoms with Gasteiger partial charge in [0.2, 0.25) is 5.88 Å². The number of hydrogen-bond acceptors (Lipinski definition) is 5. The molecule has 2 aliphatic heterocycles. The van der Waals surface area contributed by atoms with Crippen molar-refractivity contribution in [3.05, 3.63) is 23.9 Å². The number of rotatable bonds is 5. The Bertz CT molecular complexity index is 472. The molecule has 2 fully saturated rings. The Balaban J connectivity index is 1.55. The summed E-state index contributed by atoms with van der Waals surface area (Å²) in [5.74, 6) is 0.718. The quantitative estimate of drug-likeness (QED) is 0.829. The van der Waals surface area contributed by atoms with Crippen molar-refractivity contribution < 1.29 is 14.2 Å². The molecule has 3 rings (SSSR count). The summed E-state index contributed by atoms with van der Waals surface area (Å²) in [7, 11) is 1.67.